The maximum Gasteiger partial charge on any atom is 0.224 e. The van der Waals surface area contributed by atoms with Crippen LogP contribution in [-0.2, 0) is 11.2 Å². The van der Waals surface area contributed by atoms with E-state index >= 15 is 0 Å². The van der Waals surface area contributed by atoms with Crippen molar-refractivity contribution in [2.75, 3.05) is 12.4 Å². The molecule has 128 valence electrons. The molecule has 0 unspecified atom stereocenters. The number of nitrogens with one attached hydrogen (secondary N) is 1. The van der Waals surface area contributed by atoms with Gasteiger partial charge in [-0.05, 0) is 56.5 Å². The molecule has 0 aliphatic rings. The van der Waals surface area contributed by atoms with Gasteiger partial charge in [0.1, 0.15) is 11.5 Å². The third-order valence-electron chi connectivity index (χ3n) is 3.62. The van der Waals surface area contributed by atoms with Gasteiger partial charge in [-0.15, -0.1) is 0 Å². The lowest BCUT2D eigenvalue weighted by molar-refractivity contribution is -0.116. The molecule has 4 heteroatoms. The highest BCUT2D eigenvalue weighted by Crippen LogP contribution is 2.25. The Bertz CT molecular complexity index is 695. The minimum atomic E-state index is -0.0247. The topological polar surface area (TPSA) is 47.6 Å². The summed E-state index contributed by atoms with van der Waals surface area (Å²) in [4.78, 5) is 12.2. The number of para-hydroxylation sites is 2. The van der Waals surface area contributed by atoms with E-state index in [0.29, 0.717) is 24.3 Å². The van der Waals surface area contributed by atoms with E-state index < -0.39 is 0 Å². The average molecular weight is 327 g/mol. The number of benzene rings is 2. The van der Waals surface area contributed by atoms with Crippen LogP contribution in [0.4, 0.5) is 5.69 Å². The van der Waals surface area contributed by atoms with Crippen molar-refractivity contribution in [3.8, 4) is 11.5 Å². The maximum absolute atomic E-state index is 12.2. The second-order valence-corrected chi connectivity index (χ2v) is 6.01. The fourth-order valence-electron chi connectivity index (χ4n) is 2.49. The third-order valence-corrected chi connectivity index (χ3v) is 3.62. The van der Waals surface area contributed by atoms with Crippen molar-refractivity contribution in [3.63, 3.8) is 0 Å². The zero-order valence-corrected chi connectivity index (χ0v) is 14.8. The molecule has 0 radical (unpaired) electrons. The van der Waals surface area contributed by atoms with Gasteiger partial charge < -0.3 is 14.8 Å². The van der Waals surface area contributed by atoms with Crippen LogP contribution >= 0.6 is 0 Å². The van der Waals surface area contributed by atoms with Crippen LogP contribution < -0.4 is 14.8 Å². The zero-order valence-electron chi connectivity index (χ0n) is 14.8. The quantitative estimate of drug-likeness (QED) is 0.822. The van der Waals surface area contributed by atoms with Crippen molar-refractivity contribution in [3.05, 3.63) is 53.6 Å². The molecule has 0 saturated carbocycles. The van der Waals surface area contributed by atoms with Gasteiger partial charge in [0, 0.05) is 6.42 Å². The van der Waals surface area contributed by atoms with Gasteiger partial charge in [0.2, 0.25) is 5.91 Å². The lowest BCUT2D eigenvalue weighted by Gasteiger charge is -2.14. The van der Waals surface area contributed by atoms with Crippen LogP contribution in [0.2, 0.25) is 0 Å². The number of amides is 1. The summed E-state index contributed by atoms with van der Waals surface area (Å²) in [5.41, 5.74) is 2.91. The van der Waals surface area contributed by atoms with Crippen molar-refractivity contribution in [1.29, 1.82) is 0 Å². The number of anilines is 1. The molecule has 24 heavy (non-hydrogen) atoms. The average Bonchev–Trinajstić information content (AvgIpc) is 2.54. The Kier molecular flexibility index (Phi) is 6.24. The number of hydrogen-bond donors (Lipinski definition) is 1. The fourth-order valence-corrected chi connectivity index (χ4v) is 2.49. The molecule has 0 aromatic heterocycles. The number of hydrogen-bond acceptors (Lipinski definition) is 3. The van der Waals surface area contributed by atoms with Crippen LogP contribution in [0.15, 0.2) is 42.5 Å². The summed E-state index contributed by atoms with van der Waals surface area (Å²) >= 11 is 0. The number of carbonyl (C=O) groups excluding carboxylic acids is 1. The minimum Gasteiger partial charge on any atom is -0.496 e. The Hall–Kier alpha value is -2.49. The number of methoxy groups -OCH3 is 1. The first kappa shape index (κ1) is 17.9. The third kappa shape index (κ3) is 5.01. The Labute approximate surface area is 143 Å². The summed E-state index contributed by atoms with van der Waals surface area (Å²) in [6.45, 7) is 5.93. The Balaban J connectivity index is 1.95. The molecular weight excluding hydrogens is 302 g/mol. The largest absolute Gasteiger partial charge is 0.496 e. The Morgan fingerprint density at radius 1 is 1.12 bits per heavy atom. The Morgan fingerprint density at radius 2 is 1.88 bits per heavy atom. The second kappa shape index (κ2) is 8.39. The highest BCUT2D eigenvalue weighted by molar-refractivity contribution is 5.92. The molecule has 1 N–H and O–H groups in total. The van der Waals surface area contributed by atoms with Gasteiger partial charge in [-0.2, -0.15) is 0 Å². The van der Waals surface area contributed by atoms with E-state index in [1.807, 2.05) is 57.2 Å². The first-order chi connectivity index (χ1) is 11.5. The van der Waals surface area contributed by atoms with E-state index in [4.69, 9.17) is 9.47 Å². The normalized spacial score (nSPS) is 10.5. The van der Waals surface area contributed by atoms with Crippen LogP contribution in [0.25, 0.3) is 0 Å². The molecule has 0 atom stereocenters. The number of aryl methyl sites for hydroxylation is 2. The molecular formula is C20H25NO3. The maximum atomic E-state index is 12.2. The summed E-state index contributed by atoms with van der Waals surface area (Å²) < 4.78 is 11.0. The molecule has 0 heterocycles. The first-order valence-corrected chi connectivity index (χ1v) is 8.18. The van der Waals surface area contributed by atoms with Gasteiger partial charge in [-0.3, -0.25) is 4.79 Å². The van der Waals surface area contributed by atoms with Gasteiger partial charge in [0.15, 0.2) is 0 Å². The first-order valence-electron chi connectivity index (χ1n) is 8.18. The molecule has 1 amide bonds. The molecule has 0 aliphatic heterocycles. The Morgan fingerprint density at radius 3 is 2.54 bits per heavy atom. The molecule has 0 aliphatic carbocycles. The molecule has 2 aromatic carbocycles. The highest BCUT2D eigenvalue weighted by atomic mass is 16.5. The van der Waals surface area contributed by atoms with Crippen molar-refractivity contribution < 1.29 is 14.3 Å². The lowest BCUT2D eigenvalue weighted by Crippen LogP contribution is -2.14. The number of carbonyl (C=O) groups is 1. The predicted octanol–water partition coefficient (Wildman–Crippen LogP) is 4.36. The van der Waals surface area contributed by atoms with Crippen LogP contribution in [0, 0.1) is 6.92 Å². The minimum absolute atomic E-state index is 0.0247. The summed E-state index contributed by atoms with van der Waals surface area (Å²) in [6.07, 6.45) is 1.16. The summed E-state index contributed by atoms with van der Waals surface area (Å²) in [7, 11) is 1.66. The lowest BCUT2D eigenvalue weighted by atomic mass is 10.1. The summed E-state index contributed by atoms with van der Waals surface area (Å²) in [5, 5.41) is 2.93. The van der Waals surface area contributed by atoms with Crippen LogP contribution in [0.3, 0.4) is 0 Å². The monoisotopic (exact) mass is 327 g/mol. The van der Waals surface area contributed by atoms with Gasteiger partial charge in [0.25, 0.3) is 0 Å². The molecule has 0 spiro atoms. The standard InChI is InChI=1S/C20H25NO3/c1-14(2)24-19-8-6-5-7-17(19)21-20(22)12-10-16-9-11-18(23-4)15(3)13-16/h5-9,11,13-14H,10,12H2,1-4H3,(H,21,22). The second-order valence-electron chi connectivity index (χ2n) is 6.01. The summed E-state index contributed by atoms with van der Waals surface area (Å²) in [6, 6.07) is 13.5. The summed E-state index contributed by atoms with van der Waals surface area (Å²) in [5.74, 6) is 1.53. The van der Waals surface area contributed by atoms with Crippen molar-refractivity contribution in [1.82, 2.24) is 0 Å². The van der Waals surface area contributed by atoms with E-state index in [0.717, 1.165) is 16.9 Å². The predicted molar refractivity (Wildman–Crippen MR) is 96.9 cm³/mol. The highest BCUT2D eigenvalue weighted by Gasteiger charge is 2.09. The molecule has 0 bridgehead atoms. The van der Waals surface area contributed by atoms with E-state index in [1.165, 1.54) is 0 Å². The van der Waals surface area contributed by atoms with E-state index in [-0.39, 0.29) is 12.0 Å². The molecule has 2 aromatic rings. The van der Waals surface area contributed by atoms with Crippen LogP contribution in [-0.4, -0.2) is 19.1 Å². The van der Waals surface area contributed by atoms with Gasteiger partial charge in [-0.25, -0.2) is 0 Å². The van der Waals surface area contributed by atoms with E-state index in [2.05, 4.69) is 11.4 Å². The van der Waals surface area contributed by atoms with Crippen LogP contribution in [0.5, 0.6) is 11.5 Å². The molecule has 2 rings (SSSR count). The molecule has 0 saturated heterocycles. The van der Waals surface area contributed by atoms with Crippen molar-refractivity contribution in [2.24, 2.45) is 0 Å². The number of rotatable bonds is 7. The van der Waals surface area contributed by atoms with Crippen LogP contribution in [0.1, 0.15) is 31.4 Å². The SMILES string of the molecule is COc1ccc(CCC(=O)Nc2ccccc2OC(C)C)cc1C. The molecule has 0 fully saturated rings. The van der Waals surface area contributed by atoms with Gasteiger partial charge in [0.05, 0.1) is 18.9 Å². The smallest absolute Gasteiger partial charge is 0.224 e. The van der Waals surface area contributed by atoms with Crippen molar-refractivity contribution in [2.45, 2.75) is 39.7 Å². The number of ether oxygens (including phenoxy) is 2. The van der Waals surface area contributed by atoms with E-state index in [9.17, 15) is 4.79 Å². The van der Waals surface area contributed by atoms with Gasteiger partial charge in [-0.1, -0.05) is 24.3 Å². The fraction of sp³-hybridized carbons (Fsp3) is 0.350. The van der Waals surface area contributed by atoms with E-state index in [1.54, 1.807) is 7.11 Å². The van der Waals surface area contributed by atoms with Gasteiger partial charge >= 0.3 is 0 Å². The molecule has 4 nitrogen and oxygen atoms in total. The zero-order chi connectivity index (χ0) is 17.5. The van der Waals surface area contributed by atoms with Crippen molar-refractivity contribution >= 4 is 11.6 Å².